The van der Waals surface area contributed by atoms with E-state index in [-0.39, 0.29) is 10.2 Å². The quantitative estimate of drug-likeness (QED) is 0.775. The first-order valence-corrected chi connectivity index (χ1v) is 4.66. The summed E-state index contributed by atoms with van der Waals surface area (Å²) in [7, 11) is 1.08. The van der Waals surface area contributed by atoms with Crippen LogP contribution in [0.25, 0.3) is 0 Å². The van der Waals surface area contributed by atoms with Crippen molar-refractivity contribution in [1.82, 2.24) is 4.98 Å². The number of ether oxygens (including phenoxy) is 1. The Balaban J connectivity index is 3.40. The second kappa shape index (κ2) is 4.52. The van der Waals surface area contributed by atoms with Crippen LogP contribution in [0.4, 0.5) is 22.0 Å². The second-order valence-electron chi connectivity index (χ2n) is 2.71. The molecule has 1 aromatic heterocycles. The number of methoxy groups -OCH3 is 1. The Morgan fingerprint density at radius 1 is 1.38 bits per heavy atom. The number of rotatable bonds is 2. The largest absolute Gasteiger partial charge is 0.495 e. The fraction of sp³-hybridized carbons (Fsp3) is 0.375. The molecule has 0 N–H and O–H groups in total. The van der Waals surface area contributed by atoms with Crippen molar-refractivity contribution in [1.29, 1.82) is 0 Å². The lowest BCUT2D eigenvalue weighted by molar-refractivity contribution is -0.141. The molecule has 0 aromatic carbocycles. The normalized spacial score (nSPS) is 12.0. The maximum absolute atomic E-state index is 12.4. The minimum atomic E-state index is -4.79. The molecule has 0 bridgehead atoms. The Bertz CT molecular complexity index is 393. The van der Waals surface area contributed by atoms with Crippen molar-refractivity contribution in [2.75, 3.05) is 7.11 Å². The summed E-state index contributed by atoms with van der Waals surface area (Å²) in [5.74, 6) is -0.336. The Morgan fingerprint density at radius 2 is 1.94 bits per heavy atom. The van der Waals surface area contributed by atoms with Crippen molar-refractivity contribution in [3.8, 4) is 5.75 Å². The minimum Gasteiger partial charge on any atom is -0.495 e. The van der Waals surface area contributed by atoms with E-state index < -0.39 is 24.0 Å². The monoisotopic (exact) mass is 305 g/mol. The van der Waals surface area contributed by atoms with Crippen molar-refractivity contribution in [3.63, 3.8) is 0 Å². The van der Waals surface area contributed by atoms with Crippen LogP contribution in [0.15, 0.2) is 10.5 Å². The lowest BCUT2D eigenvalue weighted by Crippen LogP contribution is -2.11. The number of alkyl halides is 5. The first-order valence-electron chi connectivity index (χ1n) is 3.87. The van der Waals surface area contributed by atoms with E-state index in [0.29, 0.717) is 6.07 Å². The van der Waals surface area contributed by atoms with E-state index in [1.165, 1.54) is 0 Å². The lowest BCUT2D eigenvalue weighted by atomic mass is 10.2. The van der Waals surface area contributed by atoms with E-state index in [1.54, 1.807) is 0 Å². The first kappa shape index (κ1) is 13.1. The molecule has 0 unspecified atom stereocenters. The molecular formula is C8H5BrF5NO. The molecule has 0 saturated heterocycles. The van der Waals surface area contributed by atoms with E-state index in [2.05, 4.69) is 25.7 Å². The van der Waals surface area contributed by atoms with Crippen LogP contribution in [0.2, 0.25) is 0 Å². The first-order chi connectivity index (χ1) is 7.27. The van der Waals surface area contributed by atoms with Gasteiger partial charge in [0.25, 0.3) is 6.43 Å². The molecule has 1 heterocycles. The molecule has 0 aliphatic carbocycles. The van der Waals surface area contributed by atoms with Gasteiger partial charge in [0.2, 0.25) is 0 Å². The average molecular weight is 306 g/mol. The third kappa shape index (κ3) is 2.60. The summed E-state index contributed by atoms with van der Waals surface area (Å²) in [6.45, 7) is 0. The van der Waals surface area contributed by atoms with Crippen molar-refractivity contribution in [3.05, 3.63) is 21.9 Å². The number of nitrogens with zero attached hydrogens (tertiary/aromatic N) is 1. The summed E-state index contributed by atoms with van der Waals surface area (Å²) >= 11 is 2.71. The molecular weight excluding hydrogens is 301 g/mol. The van der Waals surface area contributed by atoms with Crippen molar-refractivity contribution < 1.29 is 26.7 Å². The molecule has 0 spiro atoms. The fourth-order valence-electron chi connectivity index (χ4n) is 0.963. The maximum Gasteiger partial charge on any atom is 0.433 e. The number of pyridine rings is 1. The molecule has 90 valence electrons. The molecule has 0 amide bonds. The van der Waals surface area contributed by atoms with Crippen LogP contribution < -0.4 is 4.74 Å². The zero-order valence-electron chi connectivity index (χ0n) is 7.78. The van der Waals surface area contributed by atoms with Gasteiger partial charge in [0, 0.05) is 6.07 Å². The zero-order chi connectivity index (χ0) is 12.5. The van der Waals surface area contributed by atoms with E-state index in [9.17, 15) is 22.0 Å². The summed E-state index contributed by atoms with van der Waals surface area (Å²) < 4.78 is 66.0. The van der Waals surface area contributed by atoms with Crippen molar-refractivity contribution in [2.45, 2.75) is 12.6 Å². The van der Waals surface area contributed by atoms with Gasteiger partial charge in [-0.2, -0.15) is 13.2 Å². The van der Waals surface area contributed by atoms with E-state index >= 15 is 0 Å². The molecule has 0 radical (unpaired) electrons. The molecule has 0 aliphatic heterocycles. The third-order valence-electron chi connectivity index (χ3n) is 1.67. The van der Waals surface area contributed by atoms with Gasteiger partial charge >= 0.3 is 6.18 Å². The second-order valence-corrected chi connectivity index (χ2v) is 3.50. The summed E-state index contributed by atoms with van der Waals surface area (Å²) in [6.07, 6.45) is -7.91. The number of hydrogen-bond acceptors (Lipinski definition) is 2. The number of aromatic nitrogens is 1. The Hall–Kier alpha value is -0.920. The highest BCUT2D eigenvalue weighted by molar-refractivity contribution is 9.10. The number of halogens is 6. The average Bonchev–Trinajstić information content (AvgIpc) is 2.15. The Morgan fingerprint density at radius 3 is 2.31 bits per heavy atom. The van der Waals surface area contributed by atoms with Gasteiger partial charge in [0.05, 0.1) is 11.6 Å². The fourth-order valence-corrected chi connectivity index (χ4v) is 1.50. The van der Waals surface area contributed by atoms with Crippen molar-refractivity contribution in [2.24, 2.45) is 0 Å². The Labute approximate surface area is 95.6 Å². The summed E-state index contributed by atoms with van der Waals surface area (Å²) in [5, 5.41) is 0. The standard InChI is InChI=1S/C8H5BrF5NO/c1-16-3-2-4(8(12,13)14)15-6(5(3)9)7(10)11/h2,7H,1H3. The van der Waals surface area contributed by atoms with E-state index in [0.717, 1.165) is 7.11 Å². The van der Waals surface area contributed by atoms with Gasteiger partial charge < -0.3 is 4.74 Å². The molecule has 1 rings (SSSR count). The Kier molecular flexibility index (Phi) is 3.72. The van der Waals surface area contributed by atoms with Crippen molar-refractivity contribution >= 4 is 15.9 Å². The molecule has 0 saturated carbocycles. The highest BCUT2D eigenvalue weighted by Crippen LogP contribution is 2.38. The minimum absolute atomic E-state index is 0.280. The summed E-state index contributed by atoms with van der Waals surface area (Å²) in [4.78, 5) is 2.85. The van der Waals surface area contributed by atoms with Gasteiger partial charge in [-0.3, -0.25) is 0 Å². The van der Waals surface area contributed by atoms with Crippen LogP contribution in [0, 0.1) is 0 Å². The zero-order valence-corrected chi connectivity index (χ0v) is 9.36. The van der Waals surface area contributed by atoms with Crippen LogP contribution >= 0.6 is 15.9 Å². The van der Waals surface area contributed by atoms with Crippen LogP contribution in [0.1, 0.15) is 17.8 Å². The highest BCUT2D eigenvalue weighted by atomic mass is 79.9. The lowest BCUT2D eigenvalue weighted by Gasteiger charge is -2.12. The molecule has 8 heteroatoms. The van der Waals surface area contributed by atoms with Gasteiger partial charge in [-0.05, 0) is 15.9 Å². The molecule has 16 heavy (non-hydrogen) atoms. The summed E-state index contributed by atoms with van der Waals surface area (Å²) in [5.41, 5.74) is -2.41. The van der Waals surface area contributed by atoms with E-state index in [4.69, 9.17) is 0 Å². The van der Waals surface area contributed by atoms with Crippen LogP contribution in [-0.4, -0.2) is 12.1 Å². The SMILES string of the molecule is COc1cc(C(F)(F)F)nc(C(F)F)c1Br. The molecule has 0 fully saturated rings. The molecule has 0 atom stereocenters. The van der Waals surface area contributed by atoms with Gasteiger partial charge in [-0.15, -0.1) is 0 Å². The van der Waals surface area contributed by atoms with Gasteiger partial charge in [0.15, 0.2) is 0 Å². The van der Waals surface area contributed by atoms with Crippen LogP contribution in [0.5, 0.6) is 5.75 Å². The van der Waals surface area contributed by atoms with Crippen LogP contribution in [-0.2, 0) is 6.18 Å². The predicted octanol–water partition coefficient (Wildman–Crippen LogP) is 3.81. The summed E-state index contributed by atoms with van der Waals surface area (Å²) in [6, 6.07) is 0.552. The maximum atomic E-state index is 12.4. The predicted molar refractivity (Wildman–Crippen MR) is 48.4 cm³/mol. The van der Waals surface area contributed by atoms with Gasteiger partial charge in [-0.1, -0.05) is 0 Å². The van der Waals surface area contributed by atoms with Gasteiger partial charge in [0.1, 0.15) is 17.1 Å². The topological polar surface area (TPSA) is 22.1 Å². The molecule has 2 nitrogen and oxygen atoms in total. The van der Waals surface area contributed by atoms with Crippen LogP contribution in [0.3, 0.4) is 0 Å². The number of hydrogen-bond donors (Lipinski definition) is 0. The smallest absolute Gasteiger partial charge is 0.433 e. The molecule has 1 aromatic rings. The van der Waals surface area contributed by atoms with E-state index in [1.807, 2.05) is 0 Å². The highest BCUT2D eigenvalue weighted by Gasteiger charge is 2.35. The third-order valence-corrected chi connectivity index (χ3v) is 2.46. The van der Waals surface area contributed by atoms with Gasteiger partial charge in [-0.25, -0.2) is 13.8 Å². The molecule has 0 aliphatic rings.